The van der Waals surface area contributed by atoms with Crippen LogP contribution >= 0.6 is 0 Å². The van der Waals surface area contributed by atoms with E-state index in [2.05, 4.69) is 25.3 Å². The third-order valence-electron chi connectivity index (χ3n) is 6.56. The van der Waals surface area contributed by atoms with Crippen molar-refractivity contribution in [3.05, 3.63) is 65.4 Å². The summed E-state index contributed by atoms with van der Waals surface area (Å²) >= 11 is 0. The van der Waals surface area contributed by atoms with Crippen molar-refractivity contribution in [1.29, 1.82) is 0 Å². The summed E-state index contributed by atoms with van der Waals surface area (Å²) in [6, 6.07) is 8.12. The smallest absolute Gasteiger partial charge is 0.274 e. The van der Waals surface area contributed by atoms with Crippen molar-refractivity contribution >= 4 is 17.2 Å². The van der Waals surface area contributed by atoms with Crippen LogP contribution in [0.3, 0.4) is 0 Å². The van der Waals surface area contributed by atoms with Crippen molar-refractivity contribution in [2.24, 2.45) is 0 Å². The number of imidazole rings is 1. The van der Waals surface area contributed by atoms with Gasteiger partial charge in [-0.05, 0) is 56.6 Å². The summed E-state index contributed by atoms with van der Waals surface area (Å²) in [5, 5.41) is 7.02. The number of pyridine rings is 1. The van der Waals surface area contributed by atoms with Crippen molar-refractivity contribution in [3.8, 4) is 11.4 Å². The molecule has 188 valence electrons. The normalized spacial score (nSPS) is 14.9. The molecule has 3 aromatic heterocycles. The Kier molecular flexibility index (Phi) is 6.53. The third-order valence-corrected chi connectivity index (χ3v) is 6.56. The van der Waals surface area contributed by atoms with Crippen LogP contribution in [0.25, 0.3) is 17.0 Å². The van der Waals surface area contributed by atoms with Crippen LogP contribution in [0.1, 0.15) is 53.7 Å². The first-order chi connectivity index (χ1) is 17.3. The van der Waals surface area contributed by atoms with Gasteiger partial charge in [-0.2, -0.15) is 4.98 Å². The Morgan fingerprint density at radius 1 is 1.17 bits per heavy atom. The highest BCUT2D eigenvalue weighted by Crippen LogP contribution is 2.28. The molecular weight excluding hydrogens is 466 g/mol. The summed E-state index contributed by atoms with van der Waals surface area (Å²) in [4.78, 5) is 24.1. The summed E-state index contributed by atoms with van der Waals surface area (Å²) in [5.74, 6) is -2.35. The van der Waals surface area contributed by atoms with Crippen LogP contribution < -0.4 is 5.32 Å². The fraction of sp³-hybridized carbons (Fsp3) is 0.385. The van der Waals surface area contributed by atoms with Crippen molar-refractivity contribution in [3.63, 3.8) is 0 Å². The first-order valence-electron chi connectivity index (χ1n) is 12.1. The lowest BCUT2D eigenvalue weighted by Crippen LogP contribution is -2.31. The molecule has 8 nitrogen and oxygen atoms in total. The average Bonchev–Trinajstić information content (AvgIpc) is 3.51. The van der Waals surface area contributed by atoms with Gasteiger partial charge in [-0.25, -0.2) is 13.8 Å². The average molecular weight is 495 g/mol. The minimum Gasteiger partial charge on any atom is -0.339 e. The minimum absolute atomic E-state index is 0.161. The maximum absolute atomic E-state index is 13.7. The molecule has 5 rings (SSSR count). The van der Waals surface area contributed by atoms with Crippen molar-refractivity contribution in [2.45, 2.75) is 45.5 Å². The van der Waals surface area contributed by atoms with Crippen LogP contribution in [0.4, 0.5) is 14.5 Å². The standard InChI is InChI=1S/C26H28F2N6O2/c1-17-6-7-18(24-31-23(36-32-24)9-12-33-10-4-3-5-11-33)14-20(17)30-25(35)21-16-29-22-15-19(26(2,27)28)8-13-34(21)22/h6-8,13-16H,3-5,9-12H2,1-2H3,(H,30,35). The summed E-state index contributed by atoms with van der Waals surface area (Å²) in [7, 11) is 0. The molecule has 10 heteroatoms. The number of aromatic nitrogens is 4. The maximum atomic E-state index is 13.7. The molecule has 0 aliphatic carbocycles. The highest BCUT2D eigenvalue weighted by atomic mass is 19.3. The van der Waals surface area contributed by atoms with Crippen molar-refractivity contribution in [1.82, 2.24) is 24.4 Å². The zero-order valence-electron chi connectivity index (χ0n) is 20.3. The maximum Gasteiger partial charge on any atom is 0.274 e. The number of aryl methyl sites for hydroxylation is 1. The number of amides is 1. The van der Waals surface area contributed by atoms with Gasteiger partial charge in [0, 0.05) is 42.9 Å². The predicted molar refractivity (Wildman–Crippen MR) is 131 cm³/mol. The summed E-state index contributed by atoms with van der Waals surface area (Å²) < 4.78 is 34.2. The van der Waals surface area contributed by atoms with Gasteiger partial charge in [-0.15, -0.1) is 0 Å². The lowest BCUT2D eigenvalue weighted by molar-refractivity contribution is 0.0175. The van der Waals surface area contributed by atoms with Gasteiger partial charge in [-0.1, -0.05) is 23.7 Å². The predicted octanol–water partition coefficient (Wildman–Crippen LogP) is 5.09. The molecule has 4 aromatic rings. The van der Waals surface area contributed by atoms with Gasteiger partial charge in [0.15, 0.2) is 0 Å². The van der Waals surface area contributed by atoms with Gasteiger partial charge in [0.1, 0.15) is 11.3 Å². The summed E-state index contributed by atoms with van der Waals surface area (Å²) in [6.07, 6.45) is 7.26. The number of alkyl halides is 2. The molecule has 1 aromatic carbocycles. The van der Waals surface area contributed by atoms with E-state index < -0.39 is 11.8 Å². The van der Waals surface area contributed by atoms with Crippen LogP contribution in [0.15, 0.2) is 47.2 Å². The van der Waals surface area contributed by atoms with Crippen LogP contribution in [0, 0.1) is 6.92 Å². The number of rotatable bonds is 7. The number of anilines is 1. The molecule has 1 amide bonds. The molecule has 1 aliphatic rings. The Morgan fingerprint density at radius 2 is 1.97 bits per heavy atom. The number of nitrogens with zero attached hydrogens (tertiary/aromatic N) is 5. The Hall–Kier alpha value is -3.66. The number of halogens is 2. The van der Waals surface area contributed by atoms with Crippen LogP contribution in [-0.4, -0.2) is 50.0 Å². The number of carbonyl (C=O) groups is 1. The Bertz CT molecular complexity index is 1380. The van der Waals surface area contributed by atoms with E-state index in [9.17, 15) is 13.6 Å². The first kappa shape index (κ1) is 24.1. The number of hydrogen-bond acceptors (Lipinski definition) is 6. The van der Waals surface area contributed by atoms with Gasteiger partial charge >= 0.3 is 0 Å². The molecule has 4 heterocycles. The van der Waals surface area contributed by atoms with Crippen LogP contribution in [0.2, 0.25) is 0 Å². The first-order valence-corrected chi connectivity index (χ1v) is 12.1. The quantitative estimate of drug-likeness (QED) is 0.385. The molecular formula is C26H28F2N6O2. The molecule has 0 bridgehead atoms. The lowest BCUT2D eigenvalue weighted by Gasteiger charge is -2.25. The third kappa shape index (κ3) is 5.13. The number of fused-ring (bicyclic) bond motifs is 1. The van der Waals surface area contributed by atoms with Crippen molar-refractivity contribution in [2.75, 3.05) is 25.0 Å². The molecule has 0 spiro atoms. The monoisotopic (exact) mass is 494 g/mol. The van der Waals surface area contributed by atoms with Gasteiger partial charge in [0.2, 0.25) is 11.7 Å². The molecule has 1 N–H and O–H groups in total. The van der Waals surface area contributed by atoms with E-state index in [0.29, 0.717) is 23.8 Å². The second-order valence-electron chi connectivity index (χ2n) is 9.32. The minimum atomic E-state index is -2.99. The van der Waals surface area contributed by atoms with Gasteiger partial charge in [-0.3, -0.25) is 9.20 Å². The fourth-order valence-corrected chi connectivity index (χ4v) is 4.41. The number of piperidine rings is 1. The number of likely N-dealkylation sites (tertiary alicyclic amines) is 1. The number of benzene rings is 1. The molecule has 1 fully saturated rings. The summed E-state index contributed by atoms with van der Waals surface area (Å²) in [6.45, 7) is 5.82. The van der Waals surface area contributed by atoms with E-state index in [1.165, 1.54) is 48.2 Å². The Morgan fingerprint density at radius 3 is 2.75 bits per heavy atom. The van der Waals surface area contributed by atoms with Crippen molar-refractivity contribution < 1.29 is 18.1 Å². The van der Waals surface area contributed by atoms with E-state index in [1.807, 2.05) is 19.1 Å². The van der Waals surface area contributed by atoms with Gasteiger partial charge in [0.05, 0.1) is 6.20 Å². The van der Waals surface area contributed by atoms with E-state index in [4.69, 9.17) is 4.52 Å². The zero-order chi connectivity index (χ0) is 25.3. The van der Waals surface area contributed by atoms with Crippen LogP contribution in [0.5, 0.6) is 0 Å². The van der Waals surface area contributed by atoms with E-state index in [1.54, 1.807) is 6.07 Å². The van der Waals surface area contributed by atoms with E-state index in [0.717, 1.165) is 37.7 Å². The number of nitrogens with one attached hydrogen (secondary N) is 1. The molecule has 0 atom stereocenters. The van der Waals surface area contributed by atoms with Gasteiger partial charge < -0.3 is 14.7 Å². The fourth-order valence-electron chi connectivity index (χ4n) is 4.41. The SMILES string of the molecule is Cc1ccc(-c2noc(CCN3CCCCC3)n2)cc1NC(=O)c1cnc2cc(C(C)(F)F)ccn12. The second kappa shape index (κ2) is 9.77. The number of carbonyl (C=O) groups excluding carboxylic acids is 1. The summed E-state index contributed by atoms with van der Waals surface area (Å²) in [5.41, 5.74) is 2.50. The molecule has 0 radical (unpaired) electrons. The molecule has 0 saturated carbocycles. The number of hydrogen-bond donors (Lipinski definition) is 1. The zero-order valence-corrected chi connectivity index (χ0v) is 20.3. The Labute approximate surface area is 207 Å². The van der Waals surface area contributed by atoms with Gasteiger partial charge in [0.25, 0.3) is 11.8 Å². The van der Waals surface area contributed by atoms with Crippen LogP contribution in [-0.2, 0) is 12.3 Å². The molecule has 36 heavy (non-hydrogen) atoms. The van der Waals surface area contributed by atoms with E-state index in [-0.39, 0.29) is 16.9 Å². The second-order valence-corrected chi connectivity index (χ2v) is 9.32. The van der Waals surface area contributed by atoms with E-state index >= 15 is 0 Å². The molecule has 0 unspecified atom stereocenters. The molecule has 1 saturated heterocycles. The highest BCUT2D eigenvalue weighted by molar-refractivity contribution is 6.04. The largest absolute Gasteiger partial charge is 0.339 e. The topological polar surface area (TPSA) is 88.6 Å². The molecule has 1 aliphatic heterocycles. The Balaban J connectivity index is 1.31. The lowest BCUT2D eigenvalue weighted by atomic mass is 10.1. The highest BCUT2D eigenvalue weighted by Gasteiger charge is 2.25.